The van der Waals surface area contributed by atoms with Crippen molar-refractivity contribution in [3.05, 3.63) is 47.5 Å². The van der Waals surface area contributed by atoms with Crippen LogP contribution in [-0.2, 0) is 5.92 Å². The third-order valence-electron chi connectivity index (χ3n) is 4.78. The second-order valence-electron chi connectivity index (χ2n) is 6.92. The van der Waals surface area contributed by atoms with Gasteiger partial charge in [0.1, 0.15) is 0 Å². The lowest BCUT2D eigenvalue weighted by molar-refractivity contribution is -0.453. The number of hydrogen-bond acceptors (Lipinski definition) is 0. The number of halogens is 15. The lowest BCUT2D eigenvalue weighted by Crippen LogP contribution is -2.72. The summed E-state index contributed by atoms with van der Waals surface area (Å²) in [7, 11) is 0. The van der Waals surface area contributed by atoms with Crippen molar-refractivity contribution in [3.8, 4) is 0 Å². The summed E-state index contributed by atoms with van der Waals surface area (Å²) < 4.78 is 202. The molecule has 15 heteroatoms. The van der Waals surface area contributed by atoms with Crippen LogP contribution in [0.1, 0.15) is 11.1 Å². The quantitative estimate of drug-likeness (QED) is 0.346. The Morgan fingerprint density at radius 2 is 0.909 bits per heavy atom. The average molecular weight is 510 g/mol. The summed E-state index contributed by atoms with van der Waals surface area (Å²) in [5, 5.41) is -1.24. The third kappa shape index (κ3) is 3.40. The van der Waals surface area contributed by atoms with Gasteiger partial charge >= 0.3 is 41.7 Å². The van der Waals surface area contributed by atoms with E-state index in [-0.39, 0.29) is 5.39 Å². The first-order chi connectivity index (χ1) is 14.5. The highest BCUT2D eigenvalue weighted by atomic mass is 19.4. The van der Waals surface area contributed by atoms with Crippen LogP contribution in [0.4, 0.5) is 65.9 Å². The number of benzene rings is 2. The molecule has 2 rings (SSSR count). The highest BCUT2D eigenvalue weighted by Crippen LogP contribution is 2.64. The van der Waals surface area contributed by atoms with Gasteiger partial charge in [0.2, 0.25) is 0 Å². The summed E-state index contributed by atoms with van der Waals surface area (Å²) in [5.74, 6) is -46.7. The molecule has 0 aliphatic heterocycles. The second-order valence-corrected chi connectivity index (χ2v) is 6.92. The van der Waals surface area contributed by atoms with Crippen molar-refractivity contribution in [3.63, 3.8) is 0 Å². The van der Waals surface area contributed by atoms with Gasteiger partial charge in [-0.1, -0.05) is 36.4 Å². The fraction of sp³-hybridized carbons (Fsp3) is 0.444. The molecule has 0 N–H and O–H groups in total. The van der Waals surface area contributed by atoms with Crippen LogP contribution in [0.15, 0.2) is 36.4 Å². The normalized spacial score (nSPS) is 15.3. The molecule has 0 saturated heterocycles. The van der Waals surface area contributed by atoms with Crippen molar-refractivity contribution in [2.45, 2.75) is 48.6 Å². The molecule has 0 saturated carbocycles. The first-order valence-corrected chi connectivity index (χ1v) is 8.32. The lowest BCUT2D eigenvalue weighted by atomic mass is 9.85. The first-order valence-electron chi connectivity index (χ1n) is 8.32. The van der Waals surface area contributed by atoms with E-state index in [9.17, 15) is 65.9 Å². The highest BCUT2D eigenvalue weighted by molar-refractivity contribution is 5.87. The van der Waals surface area contributed by atoms with E-state index < -0.39 is 58.2 Å². The Kier molecular flexibility index (Phi) is 5.97. The number of alkyl halides is 15. The van der Waals surface area contributed by atoms with E-state index >= 15 is 0 Å². The van der Waals surface area contributed by atoms with Gasteiger partial charge in [-0.25, -0.2) is 0 Å². The van der Waals surface area contributed by atoms with E-state index in [1.54, 1.807) is 0 Å². The van der Waals surface area contributed by atoms with Gasteiger partial charge in [-0.3, -0.25) is 0 Å². The zero-order valence-corrected chi connectivity index (χ0v) is 15.6. The summed E-state index contributed by atoms with van der Waals surface area (Å²) in [6, 6.07) is 5.43. The second kappa shape index (κ2) is 7.32. The zero-order chi connectivity index (χ0) is 26.1. The summed E-state index contributed by atoms with van der Waals surface area (Å²) in [6.45, 7) is 0.633. The van der Waals surface area contributed by atoms with Crippen LogP contribution in [0.2, 0.25) is 0 Å². The van der Waals surface area contributed by atoms with E-state index in [2.05, 4.69) is 0 Å². The largest absolute Gasteiger partial charge is 0.460 e. The standard InChI is InChI=1S/C18H9F15/c1-8-6-7-9-4-2-3-5-10(9)11(8)12(19,20)13(21,22)14(23,24)15(25,26)16(27,28)17(29,30)18(31,32)33/h2-7H,1H3. The number of fused-ring (bicyclic) bond motifs is 1. The molecule has 0 spiro atoms. The fourth-order valence-corrected chi connectivity index (χ4v) is 2.92. The SMILES string of the molecule is Cc1ccc2ccccc2c1C(F)(F)C(F)(F)C(F)(F)C(F)(F)C(F)(F)C(F)(F)C(F)(F)F. The molecule has 0 fully saturated rings. The molecular weight excluding hydrogens is 501 g/mol. The van der Waals surface area contributed by atoms with Crippen LogP contribution >= 0.6 is 0 Å². The monoisotopic (exact) mass is 510 g/mol. The average Bonchev–Trinajstić information content (AvgIpc) is 2.65. The topological polar surface area (TPSA) is 0 Å². The Labute approximate surface area is 174 Å². The zero-order valence-electron chi connectivity index (χ0n) is 15.6. The highest BCUT2D eigenvalue weighted by Gasteiger charge is 2.93. The Morgan fingerprint density at radius 3 is 1.39 bits per heavy atom. The van der Waals surface area contributed by atoms with Gasteiger partial charge in [0.05, 0.1) is 0 Å². The Bertz CT molecular complexity index is 1030. The van der Waals surface area contributed by atoms with Crippen molar-refractivity contribution in [2.24, 2.45) is 0 Å². The van der Waals surface area contributed by atoms with Gasteiger partial charge in [-0.2, -0.15) is 65.9 Å². The summed E-state index contributed by atoms with van der Waals surface area (Å²) in [4.78, 5) is 0. The summed E-state index contributed by atoms with van der Waals surface area (Å²) in [6.07, 6.45) is -7.62. The van der Waals surface area contributed by atoms with Gasteiger partial charge in [-0.05, 0) is 23.3 Å². The number of aryl methyl sites for hydroxylation is 1. The molecule has 0 aromatic heterocycles. The van der Waals surface area contributed by atoms with E-state index in [0.29, 0.717) is 19.1 Å². The van der Waals surface area contributed by atoms with Gasteiger partial charge < -0.3 is 0 Å². The van der Waals surface area contributed by atoms with Gasteiger partial charge in [-0.15, -0.1) is 0 Å². The molecule has 0 aliphatic carbocycles. The molecule has 186 valence electrons. The van der Waals surface area contributed by atoms with Crippen molar-refractivity contribution in [1.29, 1.82) is 0 Å². The van der Waals surface area contributed by atoms with Crippen LogP contribution in [0.5, 0.6) is 0 Å². The van der Waals surface area contributed by atoms with Crippen LogP contribution in [0.25, 0.3) is 10.8 Å². The Hall–Kier alpha value is -2.35. The minimum absolute atomic E-state index is 0.322. The number of hydrogen-bond donors (Lipinski definition) is 0. The predicted molar refractivity (Wildman–Crippen MR) is 83.4 cm³/mol. The minimum atomic E-state index is -8.30. The molecule has 0 bridgehead atoms. The van der Waals surface area contributed by atoms with E-state index in [4.69, 9.17) is 0 Å². The van der Waals surface area contributed by atoms with Crippen LogP contribution in [0.3, 0.4) is 0 Å². The van der Waals surface area contributed by atoms with Crippen LogP contribution in [-0.4, -0.2) is 35.8 Å². The molecule has 2 aromatic carbocycles. The maximum atomic E-state index is 14.7. The van der Waals surface area contributed by atoms with Crippen molar-refractivity contribution in [1.82, 2.24) is 0 Å². The molecule has 2 aromatic rings. The van der Waals surface area contributed by atoms with Crippen molar-refractivity contribution >= 4 is 10.8 Å². The minimum Gasteiger partial charge on any atom is -0.194 e. The van der Waals surface area contributed by atoms with Gasteiger partial charge in [0, 0.05) is 5.56 Å². The summed E-state index contributed by atoms with van der Waals surface area (Å²) in [5.41, 5.74) is -2.98. The molecule has 0 atom stereocenters. The van der Waals surface area contributed by atoms with Crippen LogP contribution in [0, 0.1) is 6.92 Å². The Balaban J connectivity index is 2.78. The van der Waals surface area contributed by atoms with E-state index in [0.717, 1.165) is 18.2 Å². The lowest BCUT2D eigenvalue weighted by Gasteiger charge is -2.41. The first kappa shape index (κ1) is 26.9. The Morgan fingerprint density at radius 1 is 0.485 bits per heavy atom. The molecule has 0 nitrogen and oxygen atoms in total. The molecule has 0 heterocycles. The van der Waals surface area contributed by atoms with E-state index in [1.807, 2.05) is 0 Å². The van der Waals surface area contributed by atoms with Gasteiger partial charge in [0.25, 0.3) is 0 Å². The fourth-order valence-electron chi connectivity index (χ4n) is 2.92. The van der Waals surface area contributed by atoms with E-state index in [1.165, 1.54) is 6.07 Å². The third-order valence-corrected chi connectivity index (χ3v) is 4.78. The molecule has 33 heavy (non-hydrogen) atoms. The molecule has 0 radical (unpaired) electrons. The molecule has 0 amide bonds. The van der Waals surface area contributed by atoms with Crippen molar-refractivity contribution in [2.75, 3.05) is 0 Å². The predicted octanol–water partition coefficient (Wildman–Crippen LogP) is 7.98. The molecular formula is C18H9F15. The number of rotatable bonds is 6. The smallest absolute Gasteiger partial charge is 0.194 e. The van der Waals surface area contributed by atoms with Crippen molar-refractivity contribution < 1.29 is 65.9 Å². The molecule has 0 aliphatic rings. The van der Waals surface area contributed by atoms with Crippen LogP contribution < -0.4 is 0 Å². The maximum absolute atomic E-state index is 14.7. The van der Waals surface area contributed by atoms with Gasteiger partial charge in [0.15, 0.2) is 0 Å². The summed E-state index contributed by atoms with van der Waals surface area (Å²) >= 11 is 0. The molecule has 0 unspecified atom stereocenters. The maximum Gasteiger partial charge on any atom is 0.460 e.